The number of sulfonamides is 1. The van der Waals surface area contributed by atoms with Crippen molar-refractivity contribution in [2.75, 3.05) is 18.9 Å². The molecule has 0 atom stereocenters. The molecule has 0 saturated carbocycles. The molecule has 2 aromatic carbocycles. The Bertz CT molecular complexity index is 1310. The normalized spacial score (nSPS) is 11.3. The van der Waals surface area contributed by atoms with E-state index in [1.807, 2.05) is 30.3 Å². The van der Waals surface area contributed by atoms with Gasteiger partial charge in [-0.05, 0) is 25.1 Å². The largest absolute Gasteiger partial charge is 0.497 e. The fraction of sp³-hybridized carbons (Fsp3) is 0.143. The third kappa shape index (κ3) is 4.25. The van der Waals surface area contributed by atoms with E-state index in [1.165, 1.54) is 31.6 Å². The van der Waals surface area contributed by atoms with E-state index in [0.717, 1.165) is 5.56 Å². The number of methoxy groups -OCH3 is 2. The van der Waals surface area contributed by atoms with Gasteiger partial charge in [0.05, 0.1) is 24.8 Å². The predicted molar refractivity (Wildman–Crippen MR) is 118 cm³/mol. The summed E-state index contributed by atoms with van der Waals surface area (Å²) in [6.45, 7) is 1.72. The van der Waals surface area contributed by atoms with Crippen molar-refractivity contribution in [1.82, 2.24) is 10.1 Å². The number of hydrogen-bond acceptors (Lipinski definition) is 8. The quantitative estimate of drug-likeness (QED) is 0.433. The van der Waals surface area contributed by atoms with Crippen molar-refractivity contribution < 1.29 is 22.4 Å². The zero-order valence-corrected chi connectivity index (χ0v) is 18.6. The second-order valence-corrected chi connectivity index (χ2v) is 9.40. The van der Waals surface area contributed by atoms with Gasteiger partial charge >= 0.3 is 0 Å². The molecule has 0 bridgehead atoms. The molecule has 10 heteroatoms. The summed E-state index contributed by atoms with van der Waals surface area (Å²) in [4.78, 5) is 5.69. The maximum absolute atomic E-state index is 13.1. The molecule has 0 radical (unpaired) electrons. The second-order valence-electron chi connectivity index (χ2n) is 6.49. The minimum atomic E-state index is -3.88. The van der Waals surface area contributed by atoms with Crippen molar-refractivity contribution in [3.63, 3.8) is 0 Å². The fourth-order valence-corrected chi connectivity index (χ4v) is 5.53. The smallest absolute Gasteiger partial charge is 0.268 e. The summed E-state index contributed by atoms with van der Waals surface area (Å²) in [5, 5.41) is 4.00. The van der Waals surface area contributed by atoms with Crippen LogP contribution in [0.3, 0.4) is 0 Å². The summed E-state index contributed by atoms with van der Waals surface area (Å²) in [5.41, 5.74) is 1.12. The van der Waals surface area contributed by atoms with Crippen molar-refractivity contribution in [2.24, 2.45) is 0 Å². The van der Waals surface area contributed by atoms with Gasteiger partial charge in [-0.1, -0.05) is 35.5 Å². The lowest BCUT2D eigenvalue weighted by Crippen LogP contribution is -2.13. The van der Waals surface area contributed by atoms with Crippen molar-refractivity contribution in [3.8, 4) is 33.7 Å². The minimum absolute atomic E-state index is 0.129. The molecule has 0 unspecified atom stereocenters. The van der Waals surface area contributed by atoms with Gasteiger partial charge in [0.25, 0.3) is 15.9 Å². The van der Waals surface area contributed by atoms with Gasteiger partial charge in [0, 0.05) is 16.5 Å². The molecule has 0 aliphatic heterocycles. The minimum Gasteiger partial charge on any atom is -0.497 e. The number of hydrogen-bond donors (Lipinski definition) is 1. The van der Waals surface area contributed by atoms with E-state index in [-0.39, 0.29) is 10.8 Å². The van der Waals surface area contributed by atoms with E-state index in [1.54, 1.807) is 25.1 Å². The van der Waals surface area contributed by atoms with Crippen LogP contribution in [0.2, 0.25) is 0 Å². The van der Waals surface area contributed by atoms with Gasteiger partial charge in [-0.2, -0.15) is 4.98 Å². The van der Waals surface area contributed by atoms with Crippen LogP contribution in [0, 0.1) is 6.92 Å². The third-order valence-electron chi connectivity index (χ3n) is 4.48. The van der Waals surface area contributed by atoms with Gasteiger partial charge in [0.2, 0.25) is 5.82 Å². The second kappa shape index (κ2) is 8.40. The zero-order chi connectivity index (χ0) is 22.0. The standard InChI is InChI=1S/C21H19N3O5S2/c1-13-19(31(25,26)24-16-10-9-15(27-2)11-17(16)28-3)12-18(30-13)21-22-20(23-29-21)14-7-5-4-6-8-14/h4-12,24H,1-3H3. The molecule has 0 aliphatic carbocycles. The first kappa shape index (κ1) is 20.9. The summed E-state index contributed by atoms with van der Waals surface area (Å²) < 4.78 is 44.5. The molecule has 0 amide bonds. The predicted octanol–water partition coefficient (Wildman–Crippen LogP) is 4.59. The van der Waals surface area contributed by atoms with E-state index < -0.39 is 10.0 Å². The zero-order valence-electron chi connectivity index (χ0n) is 16.9. The molecular formula is C21H19N3O5S2. The highest BCUT2D eigenvalue weighted by molar-refractivity contribution is 7.93. The summed E-state index contributed by atoms with van der Waals surface area (Å²) >= 11 is 1.26. The van der Waals surface area contributed by atoms with Gasteiger partial charge in [-0.25, -0.2) is 8.42 Å². The highest BCUT2D eigenvalue weighted by Gasteiger charge is 2.24. The Hall–Kier alpha value is -3.37. The highest BCUT2D eigenvalue weighted by atomic mass is 32.2. The number of nitrogens with zero attached hydrogens (tertiary/aromatic N) is 2. The van der Waals surface area contributed by atoms with Crippen LogP contribution in [0.1, 0.15) is 4.88 Å². The van der Waals surface area contributed by atoms with Gasteiger partial charge in [0.1, 0.15) is 16.4 Å². The van der Waals surface area contributed by atoms with E-state index in [9.17, 15) is 8.42 Å². The first-order chi connectivity index (χ1) is 14.9. The average molecular weight is 458 g/mol. The van der Waals surface area contributed by atoms with Crippen LogP contribution >= 0.6 is 11.3 Å². The topological polar surface area (TPSA) is 104 Å². The molecule has 2 heterocycles. The molecule has 4 rings (SSSR count). The Balaban J connectivity index is 1.64. The molecule has 0 fully saturated rings. The number of aromatic nitrogens is 2. The highest BCUT2D eigenvalue weighted by Crippen LogP contribution is 2.36. The molecular weight excluding hydrogens is 438 g/mol. The number of nitrogens with one attached hydrogen (secondary N) is 1. The SMILES string of the molecule is COc1ccc(NS(=O)(=O)c2cc(-c3nc(-c4ccccc4)no3)sc2C)c(OC)c1. The molecule has 1 N–H and O–H groups in total. The van der Waals surface area contributed by atoms with Crippen LogP contribution in [0.4, 0.5) is 5.69 Å². The number of rotatable bonds is 7. The Morgan fingerprint density at radius 3 is 2.52 bits per heavy atom. The van der Waals surface area contributed by atoms with E-state index in [4.69, 9.17) is 14.0 Å². The molecule has 0 aliphatic rings. The Morgan fingerprint density at radius 1 is 1.03 bits per heavy atom. The number of anilines is 1. The van der Waals surface area contributed by atoms with E-state index in [0.29, 0.717) is 32.8 Å². The van der Waals surface area contributed by atoms with Crippen molar-refractivity contribution in [2.45, 2.75) is 11.8 Å². The van der Waals surface area contributed by atoms with Gasteiger partial charge in [-0.3, -0.25) is 4.72 Å². The summed E-state index contributed by atoms with van der Waals surface area (Å²) in [6.07, 6.45) is 0. The molecule has 160 valence electrons. The Labute approximate surface area is 183 Å². The molecule has 31 heavy (non-hydrogen) atoms. The van der Waals surface area contributed by atoms with Gasteiger partial charge in [0.15, 0.2) is 0 Å². The van der Waals surface area contributed by atoms with Crippen LogP contribution < -0.4 is 14.2 Å². The lowest BCUT2D eigenvalue weighted by atomic mass is 10.2. The average Bonchev–Trinajstić information content (AvgIpc) is 3.42. The maximum atomic E-state index is 13.1. The first-order valence-corrected chi connectivity index (χ1v) is 11.5. The van der Waals surface area contributed by atoms with Crippen molar-refractivity contribution in [3.05, 3.63) is 59.5 Å². The number of aryl methyl sites for hydroxylation is 1. The first-order valence-electron chi connectivity index (χ1n) is 9.16. The lowest BCUT2D eigenvalue weighted by Gasteiger charge is -2.12. The lowest BCUT2D eigenvalue weighted by molar-refractivity contribution is 0.395. The molecule has 0 saturated heterocycles. The number of ether oxygens (including phenoxy) is 2. The maximum Gasteiger partial charge on any atom is 0.268 e. The Morgan fingerprint density at radius 2 is 1.81 bits per heavy atom. The van der Waals surface area contributed by atoms with Crippen molar-refractivity contribution >= 4 is 27.0 Å². The van der Waals surface area contributed by atoms with Crippen LogP contribution in [-0.2, 0) is 10.0 Å². The summed E-state index contributed by atoms with van der Waals surface area (Å²) in [6, 6.07) is 15.8. The van der Waals surface area contributed by atoms with Crippen LogP contribution in [0.5, 0.6) is 11.5 Å². The van der Waals surface area contributed by atoms with Crippen LogP contribution in [-0.4, -0.2) is 32.8 Å². The molecule has 8 nitrogen and oxygen atoms in total. The van der Waals surface area contributed by atoms with E-state index >= 15 is 0 Å². The van der Waals surface area contributed by atoms with Gasteiger partial charge in [-0.15, -0.1) is 11.3 Å². The van der Waals surface area contributed by atoms with Crippen LogP contribution in [0.15, 0.2) is 64.0 Å². The third-order valence-corrected chi connectivity index (χ3v) is 7.14. The molecule has 2 aromatic heterocycles. The van der Waals surface area contributed by atoms with Gasteiger partial charge < -0.3 is 14.0 Å². The Kier molecular flexibility index (Phi) is 5.66. The number of thiophene rings is 1. The fourth-order valence-electron chi connectivity index (χ4n) is 2.95. The monoisotopic (exact) mass is 457 g/mol. The molecule has 4 aromatic rings. The summed E-state index contributed by atoms with van der Waals surface area (Å²) in [7, 11) is -0.897. The molecule has 0 spiro atoms. The number of benzene rings is 2. The van der Waals surface area contributed by atoms with Crippen molar-refractivity contribution in [1.29, 1.82) is 0 Å². The van der Waals surface area contributed by atoms with Crippen LogP contribution in [0.25, 0.3) is 22.2 Å². The van der Waals surface area contributed by atoms with E-state index in [2.05, 4.69) is 14.9 Å². The summed E-state index contributed by atoms with van der Waals surface area (Å²) in [5.74, 6) is 1.60.